The lowest BCUT2D eigenvalue weighted by atomic mass is 9.99. The van der Waals surface area contributed by atoms with Gasteiger partial charge in [-0.05, 0) is 39.5 Å². The highest BCUT2D eigenvalue weighted by Crippen LogP contribution is 2.28. The first-order valence-electron chi connectivity index (χ1n) is 4.18. The normalized spacial score (nSPS) is 12.5. The number of hydrogen-bond donors (Lipinski definition) is 1. The van der Waals surface area contributed by atoms with Gasteiger partial charge in [0.2, 0.25) is 0 Å². The molecule has 14 heavy (non-hydrogen) atoms. The smallest absolute Gasteiger partial charge is 0.306 e. The number of nitrogens with two attached hydrogens (primary N) is 1. The van der Waals surface area contributed by atoms with E-state index in [1.165, 1.54) is 7.11 Å². The topological polar surface area (TPSA) is 52.3 Å². The van der Waals surface area contributed by atoms with Crippen molar-refractivity contribution in [3.8, 4) is 0 Å². The summed E-state index contributed by atoms with van der Waals surface area (Å²) in [7, 11) is 1.39. The van der Waals surface area contributed by atoms with Gasteiger partial charge in [0.25, 0.3) is 0 Å². The number of rotatable bonds is 4. The Balaban J connectivity index is 2.67. The van der Waals surface area contributed by atoms with Crippen LogP contribution < -0.4 is 5.73 Å². The summed E-state index contributed by atoms with van der Waals surface area (Å²) in [6, 6.07) is 1.99. The van der Waals surface area contributed by atoms with E-state index in [-0.39, 0.29) is 11.9 Å². The SMILES string of the molecule is COC(=O)CC(CN)c1csc(Br)c1. The van der Waals surface area contributed by atoms with E-state index >= 15 is 0 Å². The lowest BCUT2D eigenvalue weighted by Gasteiger charge is -2.10. The van der Waals surface area contributed by atoms with Crippen LogP contribution >= 0.6 is 27.3 Å². The molecule has 0 saturated heterocycles. The molecule has 0 aliphatic carbocycles. The molecule has 2 N–H and O–H groups in total. The third-order valence-electron chi connectivity index (χ3n) is 1.98. The van der Waals surface area contributed by atoms with Crippen LogP contribution in [0.3, 0.4) is 0 Å². The second-order valence-electron chi connectivity index (χ2n) is 2.90. The quantitative estimate of drug-likeness (QED) is 0.858. The van der Waals surface area contributed by atoms with Crippen molar-refractivity contribution < 1.29 is 9.53 Å². The Morgan fingerprint density at radius 2 is 2.50 bits per heavy atom. The summed E-state index contributed by atoms with van der Waals surface area (Å²) in [6.45, 7) is 0.457. The number of thiophene rings is 1. The Morgan fingerprint density at radius 3 is 2.93 bits per heavy atom. The fraction of sp³-hybridized carbons (Fsp3) is 0.444. The molecule has 0 saturated carbocycles. The van der Waals surface area contributed by atoms with Crippen molar-refractivity contribution in [1.82, 2.24) is 0 Å². The second kappa shape index (κ2) is 5.48. The standard InChI is InChI=1S/C9H12BrNO2S/c1-13-9(12)3-6(4-11)7-2-8(10)14-5-7/h2,5-6H,3-4,11H2,1H3. The molecule has 0 spiro atoms. The molecule has 1 unspecified atom stereocenters. The molecular formula is C9H12BrNO2S. The Labute approximate surface area is 95.4 Å². The van der Waals surface area contributed by atoms with E-state index in [9.17, 15) is 4.79 Å². The van der Waals surface area contributed by atoms with Crippen molar-refractivity contribution in [3.05, 3.63) is 20.8 Å². The van der Waals surface area contributed by atoms with Gasteiger partial charge in [-0.1, -0.05) is 0 Å². The van der Waals surface area contributed by atoms with Crippen LogP contribution in [0.4, 0.5) is 0 Å². The number of carbonyl (C=O) groups is 1. The summed E-state index contributed by atoms with van der Waals surface area (Å²) in [5.41, 5.74) is 6.69. The van der Waals surface area contributed by atoms with Gasteiger partial charge in [-0.15, -0.1) is 11.3 Å². The van der Waals surface area contributed by atoms with Gasteiger partial charge in [-0.25, -0.2) is 0 Å². The highest BCUT2D eigenvalue weighted by Gasteiger charge is 2.15. The maximum absolute atomic E-state index is 11.1. The van der Waals surface area contributed by atoms with E-state index in [1.807, 2.05) is 11.4 Å². The van der Waals surface area contributed by atoms with Crippen LogP contribution in [0.2, 0.25) is 0 Å². The molecule has 78 valence electrons. The molecule has 0 fully saturated rings. The highest BCUT2D eigenvalue weighted by molar-refractivity contribution is 9.11. The molecule has 0 aliphatic rings. The first kappa shape index (κ1) is 11.7. The number of esters is 1. The molecule has 1 atom stereocenters. The summed E-state index contributed by atoms with van der Waals surface area (Å²) < 4.78 is 5.66. The summed E-state index contributed by atoms with van der Waals surface area (Å²) in [5, 5.41) is 2.00. The number of carbonyl (C=O) groups excluding carboxylic acids is 1. The molecule has 1 aromatic rings. The summed E-state index contributed by atoms with van der Waals surface area (Å²) in [4.78, 5) is 11.1. The van der Waals surface area contributed by atoms with E-state index in [1.54, 1.807) is 11.3 Å². The Bertz CT molecular complexity index is 314. The number of methoxy groups -OCH3 is 1. The average Bonchev–Trinajstić information content (AvgIpc) is 2.60. The zero-order valence-electron chi connectivity index (χ0n) is 7.83. The molecule has 0 bridgehead atoms. The summed E-state index contributed by atoms with van der Waals surface area (Å²) in [6.07, 6.45) is 0.343. The average molecular weight is 278 g/mol. The zero-order valence-corrected chi connectivity index (χ0v) is 10.2. The summed E-state index contributed by atoms with van der Waals surface area (Å²) >= 11 is 4.97. The van der Waals surface area contributed by atoms with Crippen LogP contribution in [-0.2, 0) is 9.53 Å². The number of ether oxygens (including phenoxy) is 1. The molecule has 0 amide bonds. The molecule has 3 nitrogen and oxygen atoms in total. The van der Waals surface area contributed by atoms with Gasteiger partial charge in [0, 0.05) is 5.92 Å². The van der Waals surface area contributed by atoms with Gasteiger partial charge < -0.3 is 10.5 Å². The minimum Gasteiger partial charge on any atom is -0.469 e. The van der Waals surface area contributed by atoms with E-state index in [4.69, 9.17) is 5.73 Å². The van der Waals surface area contributed by atoms with Crippen LogP contribution in [0.1, 0.15) is 17.9 Å². The van der Waals surface area contributed by atoms with Crippen LogP contribution in [0.5, 0.6) is 0 Å². The van der Waals surface area contributed by atoms with Crippen LogP contribution in [-0.4, -0.2) is 19.6 Å². The lowest BCUT2D eigenvalue weighted by molar-refractivity contribution is -0.141. The molecular weight excluding hydrogens is 266 g/mol. The highest BCUT2D eigenvalue weighted by atomic mass is 79.9. The van der Waals surface area contributed by atoms with E-state index in [2.05, 4.69) is 20.7 Å². The fourth-order valence-electron chi connectivity index (χ4n) is 1.16. The minimum absolute atomic E-state index is 0.0602. The van der Waals surface area contributed by atoms with Gasteiger partial charge in [-0.3, -0.25) is 4.79 Å². The van der Waals surface area contributed by atoms with Gasteiger partial charge in [0.05, 0.1) is 17.3 Å². The van der Waals surface area contributed by atoms with Crippen molar-refractivity contribution in [2.45, 2.75) is 12.3 Å². The summed E-state index contributed by atoms with van der Waals surface area (Å²) in [5.74, 6) is -0.159. The first-order chi connectivity index (χ1) is 6.67. The Morgan fingerprint density at radius 1 is 1.79 bits per heavy atom. The molecule has 1 heterocycles. The third-order valence-corrected chi connectivity index (χ3v) is 3.51. The van der Waals surface area contributed by atoms with Crippen LogP contribution in [0.25, 0.3) is 0 Å². The maximum atomic E-state index is 11.1. The van der Waals surface area contributed by atoms with Crippen LogP contribution in [0, 0.1) is 0 Å². The van der Waals surface area contributed by atoms with Gasteiger partial charge in [0.1, 0.15) is 0 Å². The molecule has 0 radical (unpaired) electrons. The number of hydrogen-bond acceptors (Lipinski definition) is 4. The molecule has 1 aromatic heterocycles. The second-order valence-corrected chi connectivity index (χ2v) is 5.19. The monoisotopic (exact) mass is 277 g/mol. The van der Waals surface area contributed by atoms with E-state index < -0.39 is 0 Å². The van der Waals surface area contributed by atoms with Crippen molar-refractivity contribution in [2.75, 3.05) is 13.7 Å². The van der Waals surface area contributed by atoms with Crippen molar-refractivity contribution >= 4 is 33.2 Å². The van der Waals surface area contributed by atoms with Crippen LogP contribution in [0.15, 0.2) is 15.2 Å². The minimum atomic E-state index is -0.220. The number of halogens is 1. The van der Waals surface area contributed by atoms with Crippen molar-refractivity contribution in [2.24, 2.45) is 5.73 Å². The Hall–Kier alpha value is -0.390. The van der Waals surface area contributed by atoms with Gasteiger partial charge >= 0.3 is 5.97 Å². The molecule has 5 heteroatoms. The maximum Gasteiger partial charge on any atom is 0.306 e. The lowest BCUT2D eigenvalue weighted by Crippen LogP contribution is -2.16. The van der Waals surface area contributed by atoms with Gasteiger partial charge in [-0.2, -0.15) is 0 Å². The van der Waals surface area contributed by atoms with E-state index in [0.717, 1.165) is 9.35 Å². The predicted octanol–water partition coefficient (Wildman–Crippen LogP) is 2.12. The molecule has 1 rings (SSSR count). The largest absolute Gasteiger partial charge is 0.469 e. The predicted molar refractivity (Wildman–Crippen MR) is 60.4 cm³/mol. The first-order valence-corrected chi connectivity index (χ1v) is 5.85. The third kappa shape index (κ3) is 3.08. The Kier molecular flexibility index (Phi) is 4.57. The molecule has 0 aliphatic heterocycles. The van der Waals surface area contributed by atoms with Crippen molar-refractivity contribution in [3.63, 3.8) is 0 Å². The van der Waals surface area contributed by atoms with E-state index in [0.29, 0.717) is 13.0 Å². The zero-order chi connectivity index (χ0) is 10.6. The van der Waals surface area contributed by atoms with Crippen molar-refractivity contribution in [1.29, 1.82) is 0 Å². The van der Waals surface area contributed by atoms with Gasteiger partial charge in [0.15, 0.2) is 0 Å². The fourth-order valence-corrected chi connectivity index (χ4v) is 2.42. The molecule has 0 aromatic carbocycles.